The fourth-order valence-corrected chi connectivity index (χ4v) is 3.98. The summed E-state index contributed by atoms with van der Waals surface area (Å²) in [5.74, 6) is 4.70. The van der Waals surface area contributed by atoms with E-state index < -0.39 is 21.9 Å². The molecule has 1 saturated heterocycles. The summed E-state index contributed by atoms with van der Waals surface area (Å²) in [5, 5.41) is 14.0. The van der Waals surface area contributed by atoms with E-state index in [0.29, 0.717) is 33.8 Å². The van der Waals surface area contributed by atoms with Crippen molar-refractivity contribution in [2.45, 2.75) is 12.2 Å². The van der Waals surface area contributed by atoms with Gasteiger partial charge in [-0.15, -0.1) is 0 Å². The van der Waals surface area contributed by atoms with Gasteiger partial charge in [0.25, 0.3) is 0 Å². The lowest BCUT2D eigenvalue weighted by atomic mass is 10.2. The van der Waals surface area contributed by atoms with E-state index in [0.717, 1.165) is 0 Å². The zero-order valence-corrected chi connectivity index (χ0v) is 18.9. The molecule has 2 aromatic heterocycles. The quantitative estimate of drug-likeness (QED) is 0.345. The van der Waals surface area contributed by atoms with Crippen molar-refractivity contribution in [2.75, 3.05) is 36.6 Å². The Kier molecular flexibility index (Phi) is 6.24. The van der Waals surface area contributed by atoms with Crippen LogP contribution >= 0.6 is 11.6 Å². The van der Waals surface area contributed by atoms with Gasteiger partial charge in [0.1, 0.15) is 34.8 Å². The number of ether oxygens (including phenoxy) is 3. The number of aromatic nitrogens is 3. The van der Waals surface area contributed by atoms with Crippen LogP contribution in [0.4, 0.5) is 17.2 Å². The molecular formula is C20H22ClN5O5S. The number of rotatable bonds is 7. The number of hydrogen-bond acceptors (Lipinski definition) is 9. The number of nitrogens with zero attached hydrogens (tertiary/aromatic N) is 3. The fourth-order valence-electron chi connectivity index (χ4n) is 3.23. The second-order valence-electron chi connectivity index (χ2n) is 7.27. The van der Waals surface area contributed by atoms with E-state index in [1.807, 2.05) is 0 Å². The van der Waals surface area contributed by atoms with Crippen molar-refractivity contribution in [3.63, 3.8) is 0 Å². The van der Waals surface area contributed by atoms with Crippen LogP contribution in [0.1, 0.15) is 0 Å². The van der Waals surface area contributed by atoms with Gasteiger partial charge in [-0.1, -0.05) is 11.6 Å². The van der Waals surface area contributed by atoms with Crippen LogP contribution in [0, 0.1) is 0 Å². The first-order valence-electron chi connectivity index (χ1n) is 9.52. The summed E-state index contributed by atoms with van der Waals surface area (Å²) >= 11 is 6.06. The normalized spacial score (nSPS) is 20.0. The van der Waals surface area contributed by atoms with E-state index in [2.05, 4.69) is 30.9 Å². The standard InChI is InChI=1S/C20H22ClN5O5S/c1-29-15-7-11(26-32(2,3)28)6-13-18(15)19(23-10-22-13)24-12-4-5-17(21)25-20(12)31-16-9-30-8-14(16)27/h4-7,10,14,16,27H,2,8-9H2,1,3H3,(H,26,28)(H,22,23,24). The number of benzene rings is 1. The lowest BCUT2D eigenvalue weighted by Gasteiger charge is -2.18. The monoisotopic (exact) mass is 479 g/mol. The van der Waals surface area contributed by atoms with Gasteiger partial charge in [0, 0.05) is 22.0 Å². The summed E-state index contributed by atoms with van der Waals surface area (Å²) in [6, 6.07) is 6.71. The van der Waals surface area contributed by atoms with Crippen molar-refractivity contribution < 1.29 is 23.5 Å². The average molecular weight is 480 g/mol. The molecule has 0 spiro atoms. The third kappa shape index (κ3) is 4.96. The molecule has 0 saturated carbocycles. The van der Waals surface area contributed by atoms with Gasteiger partial charge in [-0.2, -0.15) is 4.98 Å². The highest BCUT2D eigenvalue weighted by Gasteiger charge is 2.29. The summed E-state index contributed by atoms with van der Waals surface area (Å²) in [5.41, 5.74) is 1.58. The predicted molar refractivity (Wildman–Crippen MR) is 125 cm³/mol. The zero-order valence-electron chi connectivity index (χ0n) is 17.4. The first-order chi connectivity index (χ1) is 15.2. The highest BCUT2D eigenvalue weighted by Crippen LogP contribution is 2.36. The first-order valence-corrected chi connectivity index (χ1v) is 12.0. The number of methoxy groups -OCH3 is 1. The van der Waals surface area contributed by atoms with Gasteiger partial charge < -0.3 is 29.4 Å². The highest BCUT2D eigenvalue weighted by molar-refractivity contribution is 8.00. The van der Waals surface area contributed by atoms with Crippen LogP contribution in [0.15, 0.2) is 30.6 Å². The molecule has 0 bridgehead atoms. The van der Waals surface area contributed by atoms with Gasteiger partial charge in [-0.05, 0) is 24.1 Å². The molecule has 3 atom stereocenters. The molecule has 0 radical (unpaired) electrons. The van der Waals surface area contributed by atoms with Crippen LogP contribution in [0.5, 0.6) is 11.6 Å². The lowest BCUT2D eigenvalue weighted by Crippen LogP contribution is -2.30. The molecule has 170 valence electrons. The van der Waals surface area contributed by atoms with E-state index in [9.17, 15) is 9.32 Å². The molecule has 1 aliphatic heterocycles. The zero-order chi connectivity index (χ0) is 22.9. The molecule has 3 aromatic rings. The Morgan fingerprint density at radius 2 is 2.12 bits per heavy atom. The van der Waals surface area contributed by atoms with E-state index in [-0.39, 0.29) is 24.2 Å². The Labute approximate surface area is 190 Å². The van der Waals surface area contributed by atoms with E-state index >= 15 is 0 Å². The van der Waals surface area contributed by atoms with Crippen molar-refractivity contribution in [1.29, 1.82) is 0 Å². The van der Waals surface area contributed by atoms with Crippen LogP contribution in [-0.2, 0) is 14.4 Å². The summed E-state index contributed by atoms with van der Waals surface area (Å²) in [7, 11) is -0.971. The van der Waals surface area contributed by atoms with Gasteiger partial charge in [0.05, 0.1) is 36.9 Å². The van der Waals surface area contributed by atoms with Crippen molar-refractivity contribution in [2.24, 2.45) is 0 Å². The Balaban J connectivity index is 1.73. The second kappa shape index (κ2) is 8.94. The molecule has 12 heteroatoms. The number of pyridine rings is 1. The molecule has 3 unspecified atom stereocenters. The molecule has 3 heterocycles. The Morgan fingerprint density at radius 1 is 1.31 bits per heavy atom. The average Bonchev–Trinajstić information content (AvgIpc) is 3.12. The van der Waals surface area contributed by atoms with Crippen LogP contribution in [0.3, 0.4) is 0 Å². The van der Waals surface area contributed by atoms with E-state index in [1.54, 1.807) is 24.3 Å². The summed E-state index contributed by atoms with van der Waals surface area (Å²) in [6.45, 7) is 0.428. The molecule has 10 nitrogen and oxygen atoms in total. The third-order valence-electron chi connectivity index (χ3n) is 4.60. The highest BCUT2D eigenvalue weighted by atomic mass is 35.5. The van der Waals surface area contributed by atoms with Crippen molar-refractivity contribution >= 4 is 55.3 Å². The lowest BCUT2D eigenvalue weighted by molar-refractivity contribution is 0.0709. The second-order valence-corrected chi connectivity index (χ2v) is 9.88. The Bertz CT molecular complexity index is 1260. The van der Waals surface area contributed by atoms with Crippen molar-refractivity contribution in [3.05, 3.63) is 35.7 Å². The van der Waals surface area contributed by atoms with Gasteiger partial charge in [-0.25, -0.2) is 14.2 Å². The number of hydrogen-bond donors (Lipinski definition) is 3. The Hall–Kier alpha value is -2.86. The van der Waals surface area contributed by atoms with Crippen LogP contribution in [0.2, 0.25) is 5.15 Å². The maximum absolute atomic E-state index is 12.1. The maximum atomic E-state index is 12.1. The molecule has 32 heavy (non-hydrogen) atoms. The SMILES string of the molecule is C=S(C)(=O)Nc1cc(OC)c2c(Nc3ccc(Cl)nc3OC3COCC3O)ncnc2c1. The topological polar surface area (TPSA) is 128 Å². The summed E-state index contributed by atoms with van der Waals surface area (Å²) in [4.78, 5) is 12.9. The number of nitrogens with one attached hydrogen (secondary N) is 2. The number of aliphatic hydroxyl groups is 1. The van der Waals surface area contributed by atoms with E-state index in [4.69, 9.17) is 25.8 Å². The van der Waals surface area contributed by atoms with Gasteiger partial charge in [0.15, 0.2) is 6.10 Å². The molecule has 0 aliphatic carbocycles. The summed E-state index contributed by atoms with van der Waals surface area (Å²) < 4.78 is 31.6. The largest absolute Gasteiger partial charge is 0.496 e. The number of halogens is 1. The Morgan fingerprint density at radius 3 is 2.81 bits per heavy atom. The molecular weight excluding hydrogens is 458 g/mol. The smallest absolute Gasteiger partial charge is 0.239 e. The molecule has 1 aliphatic rings. The fraction of sp³-hybridized carbons (Fsp3) is 0.300. The van der Waals surface area contributed by atoms with Crippen molar-refractivity contribution in [1.82, 2.24) is 15.0 Å². The maximum Gasteiger partial charge on any atom is 0.239 e. The minimum absolute atomic E-state index is 0.190. The van der Waals surface area contributed by atoms with Crippen LogP contribution in [0.25, 0.3) is 10.9 Å². The van der Waals surface area contributed by atoms with Gasteiger partial charge in [-0.3, -0.25) is 0 Å². The minimum atomic E-state index is -2.49. The number of fused-ring (bicyclic) bond motifs is 1. The van der Waals surface area contributed by atoms with E-state index in [1.165, 1.54) is 19.7 Å². The molecule has 1 fully saturated rings. The van der Waals surface area contributed by atoms with Crippen LogP contribution in [-0.4, -0.2) is 68.9 Å². The van der Waals surface area contributed by atoms with Crippen molar-refractivity contribution in [3.8, 4) is 11.6 Å². The third-order valence-corrected chi connectivity index (χ3v) is 5.48. The molecule has 4 rings (SSSR count). The molecule has 0 amide bonds. The van der Waals surface area contributed by atoms with Gasteiger partial charge >= 0.3 is 0 Å². The minimum Gasteiger partial charge on any atom is -0.496 e. The predicted octanol–water partition coefficient (Wildman–Crippen LogP) is 2.24. The number of aliphatic hydroxyl groups excluding tert-OH is 1. The molecule has 3 N–H and O–H groups in total. The molecule has 1 aromatic carbocycles. The summed E-state index contributed by atoms with van der Waals surface area (Å²) in [6.07, 6.45) is 1.55. The number of anilines is 3. The first kappa shape index (κ1) is 22.3. The van der Waals surface area contributed by atoms with Crippen LogP contribution < -0.4 is 19.5 Å². The van der Waals surface area contributed by atoms with Gasteiger partial charge in [0.2, 0.25) is 5.88 Å².